The second kappa shape index (κ2) is 8.28. The molecule has 10 heteroatoms. The summed E-state index contributed by atoms with van der Waals surface area (Å²) in [6.07, 6.45) is 5.32. The summed E-state index contributed by atoms with van der Waals surface area (Å²) in [4.78, 5) is 16.3. The van der Waals surface area contributed by atoms with Crippen LogP contribution in [0.4, 0.5) is 20.7 Å². The van der Waals surface area contributed by atoms with Crippen molar-refractivity contribution in [3.8, 4) is 0 Å². The Kier molecular flexibility index (Phi) is 5.84. The number of carbonyl (C=O) groups is 1. The largest absolute Gasteiger partial charge is 0.362 e. The molecule has 0 spiro atoms. The topological polar surface area (TPSA) is 112 Å². The minimum absolute atomic E-state index is 0.0130. The van der Waals surface area contributed by atoms with E-state index in [4.69, 9.17) is 4.52 Å². The number of amidine groups is 1. The molecule has 26 heavy (non-hydrogen) atoms. The third-order valence-electron chi connectivity index (χ3n) is 4.00. The van der Waals surface area contributed by atoms with Crippen LogP contribution in [0.5, 0.6) is 0 Å². The van der Waals surface area contributed by atoms with E-state index in [1.165, 1.54) is 24.5 Å². The zero-order chi connectivity index (χ0) is 18.5. The van der Waals surface area contributed by atoms with Crippen LogP contribution in [-0.2, 0) is 0 Å². The molecule has 1 fully saturated rings. The number of hydroxylamine groups is 1. The average Bonchev–Trinajstić information content (AvgIpc) is 3.28. The maximum Gasteiger partial charge on any atom is 0.320 e. The number of carbonyl (C=O) groups excluding carboxylic acids is 1. The normalized spacial score (nSPS) is 15.1. The number of anilines is 1. The van der Waals surface area contributed by atoms with Gasteiger partial charge in [-0.1, -0.05) is 18.0 Å². The molecule has 3 rings (SSSR count). The first-order valence-corrected chi connectivity index (χ1v) is 8.82. The van der Waals surface area contributed by atoms with E-state index >= 15 is 0 Å². The number of benzene rings is 1. The quantitative estimate of drug-likeness (QED) is 0.339. The van der Waals surface area contributed by atoms with Crippen molar-refractivity contribution in [1.82, 2.24) is 16.0 Å². The van der Waals surface area contributed by atoms with Gasteiger partial charge in [-0.05, 0) is 47.0 Å². The minimum atomic E-state index is -0.432. The Morgan fingerprint density at radius 1 is 1.38 bits per heavy atom. The average molecular weight is 426 g/mol. The Balaban J connectivity index is 1.77. The third-order valence-corrected chi connectivity index (χ3v) is 4.60. The van der Waals surface area contributed by atoms with E-state index in [9.17, 15) is 14.4 Å². The monoisotopic (exact) mass is 425 g/mol. The lowest BCUT2D eigenvalue weighted by atomic mass is 10.2. The Hall–Kier alpha value is -2.46. The summed E-state index contributed by atoms with van der Waals surface area (Å²) in [5, 5.41) is 18.6. The summed E-state index contributed by atoms with van der Waals surface area (Å²) in [5.41, 5.74) is 2.56. The molecule has 138 valence electrons. The van der Waals surface area contributed by atoms with E-state index in [0.717, 1.165) is 25.7 Å². The predicted octanol–water partition coefficient (Wildman–Crippen LogP) is 3.70. The lowest BCUT2D eigenvalue weighted by Gasteiger charge is -2.12. The number of aliphatic imine (C=N–C) groups is 1. The zero-order valence-electron chi connectivity index (χ0n) is 13.6. The number of halogens is 2. The number of rotatable bonds is 4. The fourth-order valence-corrected chi connectivity index (χ4v) is 3.09. The van der Waals surface area contributed by atoms with Gasteiger partial charge in [-0.3, -0.25) is 16.0 Å². The highest BCUT2D eigenvalue weighted by atomic mass is 79.9. The molecule has 2 aromatic rings. The summed E-state index contributed by atoms with van der Waals surface area (Å²) in [6.45, 7) is 0. The van der Waals surface area contributed by atoms with Gasteiger partial charge in [-0.15, -0.1) is 0 Å². The molecule has 1 heterocycles. The van der Waals surface area contributed by atoms with Gasteiger partial charge in [-0.25, -0.2) is 14.2 Å². The van der Waals surface area contributed by atoms with Crippen molar-refractivity contribution in [2.45, 2.75) is 31.7 Å². The van der Waals surface area contributed by atoms with Crippen LogP contribution >= 0.6 is 15.9 Å². The number of urea groups is 1. The maximum absolute atomic E-state index is 13.3. The number of hydrogen-bond donors (Lipinski definition) is 4. The molecular weight excluding hydrogens is 409 g/mol. The second-order valence-corrected chi connectivity index (χ2v) is 6.68. The highest BCUT2D eigenvalue weighted by Crippen LogP contribution is 2.24. The van der Waals surface area contributed by atoms with Crippen LogP contribution < -0.4 is 16.1 Å². The van der Waals surface area contributed by atoms with Gasteiger partial charge in [0, 0.05) is 6.04 Å². The van der Waals surface area contributed by atoms with Crippen LogP contribution in [-0.4, -0.2) is 28.3 Å². The van der Waals surface area contributed by atoms with E-state index in [1.54, 1.807) is 0 Å². The van der Waals surface area contributed by atoms with Crippen molar-refractivity contribution in [2.75, 3.05) is 5.32 Å². The smallest absolute Gasteiger partial charge is 0.320 e. The number of amides is 2. The van der Waals surface area contributed by atoms with Gasteiger partial charge in [0.2, 0.25) is 0 Å². The van der Waals surface area contributed by atoms with Crippen LogP contribution in [0.1, 0.15) is 31.2 Å². The summed E-state index contributed by atoms with van der Waals surface area (Å²) < 4.78 is 18.4. The molecule has 4 N–H and O–H groups in total. The van der Waals surface area contributed by atoms with Gasteiger partial charge < -0.3 is 9.84 Å². The first-order valence-electron chi connectivity index (χ1n) is 8.03. The molecule has 0 bridgehead atoms. The molecule has 0 radical (unpaired) electrons. The van der Waals surface area contributed by atoms with Gasteiger partial charge in [0.15, 0.2) is 11.7 Å². The Morgan fingerprint density at radius 3 is 2.85 bits per heavy atom. The van der Waals surface area contributed by atoms with E-state index < -0.39 is 11.8 Å². The fourth-order valence-electron chi connectivity index (χ4n) is 2.72. The second-order valence-electron chi connectivity index (χ2n) is 5.83. The van der Waals surface area contributed by atoms with Crippen molar-refractivity contribution in [2.24, 2.45) is 4.99 Å². The van der Waals surface area contributed by atoms with Crippen molar-refractivity contribution >= 4 is 39.3 Å². The van der Waals surface area contributed by atoms with Crippen LogP contribution in [0.25, 0.3) is 0 Å². The zero-order valence-corrected chi connectivity index (χ0v) is 15.2. The number of nitrogens with one attached hydrogen (secondary N) is 3. The predicted molar refractivity (Wildman–Crippen MR) is 96.1 cm³/mol. The molecular formula is C16H17BrFN5O3. The van der Waals surface area contributed by atoms with E-state index in [1.807, 2.05) is 5.48 Å². The molecule has 0 aliphatic heterocycles. The molecule has 1 aromatic carbocycles. The van der Waals surface area contributed by atoms with Crippen molar-refractivity contribution in [1.29, 1.82) is 0 Å². The molecule has 1 saturated carbocycles. The lowest BCUT2D eigenvalue weighted by molar-refractivity contribution is 0.235. The first kappa shape index (κ1) is 18.3. The number of hydrogen-bond acceptors (Lipinski definition) is 5. The van der Waals surface area contributed by atoms with Crippen LogP contribution in [0, 0.1) is 5.82 Å². The van der Waals surface area contributed by atoms with E-state index in [-0.39, 0.29) is 27.7 Å². The molecule has 1 aliphatic carbocycles. The van der Waals surface area contributed by atoms with Gasteiger partial charge in [-0.2, -0.15) is 0 Å². The molecule has 1 aliphatic rings. The summed E-state index contributed by atoms with van der Waals surface area (Å²) >= 11 is 3.07. The maximum atomic E-state index is 13.3. The summed E-state index contributed by atoms with van der Waals surface area (Å²) in [5.74, 6) is -0.346. The summed E-state index contributed by atoms with van der Waals surface area (Å²) in [6, 6.07) is 3.85. The van der Waals surface area contributed by atoms with Crippen molar-refractivity contribution < 1.29 is 18.9 Å². The molecule has 0 unspecified atom stereocenters. The SMILES string of the molecule is O=C(Nc1nocc1C(=Nc1ccc(F)c(Br)c1)NO)NC1CCCC1. The Morgan fingerprint density at radius 2 is 2.15 bits per heavy atom. The highest BCUT2D eigenvalue weighted by molar-refractivity contribution is 9.10. The molecule has 0 atom stereocenters. The Bertz CT molecular complexity index is 820. The standard InChI is InChI=1S/C16H17BrFN5O3/c17-12-7-10(5-6-13(12)18)19-14(22-25)11-8-26-23-15(11)21-16(24)20-9-3-1-2-4-9/h5-9,25H,1-4H2,(H,19,22)(H2,20,21,23,24). The number of aromatic nitrogens is 1. The van der Waals surface area contributed by atoms with Gasteiger partial charge in [0.1, 0.15) is 17.6 Å². The van der Waals surface area contributed by atoms with Crippen LogP contribution in [0.15, 0.2) is 38.5 Å². The molecule has 8 nitrogen and oxygen atoms in total. The minimum Gasteiger partial charge on any atom is -0.362 e. The summed E-state index contributed by atoms with van der Waals surface area (Å²) in [7, 11) is 0. The van der Waals surface area contributed by atoms with Gasteiger partial charge >= 0.3 is 6.03 Å². The molecule has 1 aromatic heterocycles. The molecule has 0 saturated heterocycles. The highest BCUT2D eigenvalue weighted by Gasteiger charge is 2.20. The fraction of sp³-hybridized carbons (Fsp3) is 0.312. The van der Waals surface area contributed by atoms with Crippen LogP contribution in [0.2, 0.25) is 0 Å². The third kappa shape index (κ3) is 4.38. The van der Waals surface area contributed by atoms with E-state index in [2.05, 4.69) is 36.7 Å². The van der Waals surface area contributed by atoms with E-state index in [0.29, 0.717) is 5.69 Å². The Labute approximate surface area is 156 Å². The molecule has 2 amide bonds. The first-order chi connectivity index (χ1) is 12.6. The lowest BCUT2D eigenvalue weighted by Crippen LogP contribution is -2.36. The number of nitrogens with zero attached hydrogens (tertiary/aromatic N) is 2. The van der Waals surface area contributed by atoms with Gasteiger partial charge in [0.25, 0.3) is 0 Å². The van der Waals surface area contributed by atoms with Gasteiger partial charge in [0.05, 0.1) is 10.2 Å². The van der Waals surface area contributed by atoms with Crippen molar-refractivity contribution in [3.63, 3.8) is 0 Å². The van der Waals surface area contributed by atoms with Crippen molar-refractivity contribution in [3.05, 3.63) is 40.3 Å². The van der Waals surface area contributed by atoms with Crippen LogP contribution in [0.3, 0.4) is 0 Å².